The van der Waals surface area contributed by atoms with Gasteiger partial charge in [0.2, 0.25) is 5.91 Å². The van der Waals surface area contributed by atoms with E-state index in [1.165, 1.54) is 24.6 Å². The molecule has 2 aliphatic heterocycles. The van der Waals surface area contributed by atoms with Crippen LogP contribution in [0.3, 0.4) is 0 Å². The summed E-state index contributed by atoms with van der Waals surface area (Å²) >= 11 is 0. The van der Waals surface area contributed by atoms with Crippen molar-refractivity contribution in [2.45, 2.75) is 44.8 Å². The molecule has 0 aliphatic carbocycles. The fourth-order valence-electron chi connectivity index (χ4n) is 5.17. The SMILES string of the molecule is CC(=O)N1CCN(CC2(O)CCN(c3ccc(C)cc3)CC2)C[C@](O)(COc2ccc(F)c(C)c2)C1. The molecule has 2 N–H and O–H groups in total. The number of hydrogen-bond acceptors (Lipinski definition) is 6. The van der Waals surface area contributed by atoms with Gasteiger partial charge >= 0.3 is 0 Å². The van der Waals surface area contributed by atoms with Crippen LogP contribution in [0.2, 0.25) is 0 Å². The Morgan fingerprint density at radius 2 is 1.67 bits per heavy atom. The Morgan fingerprint density at radius 1 is 0.972 bits per heavy atom. The fourth-order valence-corrected chi connectivity index (χ4v) is 5.17. The number of nitrogens with zero attached hydrogens (tertiary/aromatic N) is 3. The number of amides is 1. The van der Waals surface area contributed by atoms with Crippen molar-refractivity contribution in [3.8, 4) is 5.75 Å². The summed E-state index contributed by atoms with van der Waals surface area (Å²) in [6.07, 6.45) is 1.25. The molecule has 0 bridgehead atoms. The maximum atomic E-state index is 13.6. The van der Waals surface area contributed by atoms with Gasteiger partial charge in [0.1, 0.15) is 23.8 Å². The highest BCUT2D eigenvalue weighted by Gasteiger charge is 2.41. The summed E-state index contributed by atoms with van der Waals surface area (Å²) in [4.78, 5) is 18.2. The van der Waals surface area contributed by atoms with Gasteiger partial charge in [0.05, 0.1) is 12.1 Å². The number of aryl methyl sites for hydroxylation is 2. The smallest absolute Gasteiger partial charge is 0.219 e. The van der Waals surface area contributed by atoms with Crippen LogP contribution in [0.5, 0.6) is 5.75 Å². The standard InChI is InChI=1S/C28H38FN3O4/c1-21-4-6-24(7-5-21)31-12-10-27(34,11-13-31)17-30-14-15-32(23(3)33)19-28(35,18-30)20-36-25-8-9-26(29)22(2)16-25/h4-9,16,34-35H,10-15,17-20H2,1-3H3/t28-/m1/s1. The maximum Gasteiger partial charge on any atom is 0.219 e. The van der Waals surface area contributed by atoms with Crippen LogP contribution in [0.4, 0.5) is 10.1 Å². The Hall–Kier alpha value is -2.68. The number of aliphatic hydroxyl groups is 2. The number of halogens is 1. The van der Waals surface area contributed by atoms with E-state index in [0.717, 1.165) is 18.8 Å². The van der Waals surface area contributed by atoms with E-state index in [1.54, 1.807) is 17.9 Å². The second kappa shape index (κ2) is 10.7. The average Bonchev–Trinajstić information content (AvgIpc) is 3.00. The third-order valence-corrected chi connectivity index (χ3v) is 7.38. The Bertz CT molecular complexity index is 1060. The Morgan fingerprint density at radius 3 is 2.31 bits per heavy atom. The van der Waals surface area contributed by atoms with Gasteiger partial charge in [-0.25, -0.2) is 4.39 Å². The molecule has 196 valence electrons. The van der Waals surface area contributed by atoms with Crippen LogP contribution in [-0.2, 0) is 4.79 Å². The maximum absolute atomic E-state index is 13.6. The van der Waals surface area contributed by atoms with E-state index in [0.29, 0.717) is 43.8 Å². The number of rotatable bonds is 6. The average molecular weight is 500 g/mol. The lowest BCUT2D eigenvalue weighted by Gasteiger charge is -2.42. The molecular formula is C28H38FN3O4. The predicted molar refractivity (Wildman–Crippen MR) is 138 cm³/mol. The number of ether oxygens (including phenoxy) is 1. The first-order valence-corrected chi connectivity index (χ1v) is 12.7. The zero-order chi connectivity index (χ0) is 25.9. The minimum Gasteiger partial charge on any atom is -0.490 e. The van der Waals surface area contributed by atoms with Crippen molar-refractivity contribution in [1.29, 1.82) is 0 Å². The van der Waals surface area contributed by atoms with Crippen LogP contribution in [0, 0.1) is 19.7 Å². The van der Waals surface area contributed by atoms with Crippen LogP contribution in [-0.4, -0.2) is 89.5 Å². The van der Waals surface area contributed by atoms with Crippen molar-refractivity contribution in [2.75, 3.05) is 57.3 Å². The number of hydrogen-bond donors (Lipinski definition) is 2. The van der Waals surface area contributed by atoms with Crippen molar-refractivity contribution in [1.82, 2.24) is 9.80 Å². The topological polar surface area (TPSA) is 76.5 Å². The molecule has 0 spiro atoms. The second-order valence-electron chi connectivity index (χ2n) is 10.6. The molecule has 2 saturated heterocycles. The third kappa shape index (κ3) is 6.55. The molecule has 0 saturated carbocycles. The van der Waals surface area contributed by atoms with Gasteiger partial charge in [0.25, 0.3) is 0 Å². The van der Waals surface area contributed by atoms with Crippen molar-refractivity contribution in [3.05, 3.63) is 59.4 Å². The van der Waals surface area contributed by atoms with E-state index < -0.39 is 11.2 Å². The summed E-state index contributed by atoms with van der Waals surface area (Å²) in [6.45, 7) is 8.53. The van der Waals surface area contributed by atoms with E-state index in [4.69, 9.17) is 4.74 Å². The lowest BCUT2D eigenvalue weighted by Crippen LogP contribution is -2.55. The van der Waals surface area contributed by atoms with Gasteiger partial charge in [-0.15, -0.1) is 0 Å². The van der Waals surface area contributed by atoms with Crippen molar-refractivity contribution >= 4 is 11.6 Å². The zero-order valence-electron chi connectivity index (χ0n) is 21.5. The van der Waals surface area contributed by atoms with Crippen LogP contribution >= 0.6 is 0 Å². The van der Waals surface area contributed by atoms with E-state index in [2.05, 4.69) is 36.1 Å². The van der Waals surface area contributed by atoms with Gasteiger partial charge in [-0.2, -0.15) is 0 Å². The first-order valence-electron chi connectivity index (χ1n) is 12.7. The second-order valence-corrected chi connectivity index (χ2v) is 10.6. The highest BCUT2D eigenvalue weighted by molar-refractivity contribution is 5.73. The van der Waals surface area contributed by atoms with E-state index in [1.807, 2.05) is 4.90 Å². The molecule has 2 fully saturated rings. The van der Waals surface area contributed by atoms with Gasteiger partial charge < -0.3 is 24.7 Å². The van der Waals surface area contributed by atoms with E-state index in [-0.39, 0.29) is 31.4 Å². The van der Waals surface area contributed by atoms with Gasteiger partial charge in [-0.1, -0.05) is 17.7 Å². The predicted octanol–water partition coefficient (Wildman–Crippen LogP) is 2.75. The van der Waals surface area contributed by atoms with E-state index in [9.17, 15) is 19.4 Å². The van der Waals surface area contributed by atoms with Crippen LogP contribution in [0.1, 0.15) is 30.9 Å². The summed E-state index contributed by atoms with van der Waals surface area (Å²) in [5.41, 5.74) is 0.647. The van der Waals surface area contributed by atoms with Crippen LogP contribution < -0.4 is 9.64 Å². The molecule has 2 heterocycles. The first-order chi connectivity index (χ1) is 17.0. The molecule has 4 rings (SSSR count). The number of carbonyl (C=O) groups excluding carboxylic acids is 1. The molecule has 0 aromatic heterocycles. The number of benzene rings is 2. The van der Waals surface area contributed by atoms with Crippen molar-refractivity contribution in [2.24, 2.45) is 0 Å². The Labute approximate surface area is 213 Å². The molecule has 7 nitrogen and oxygen atoms in total. The monoisotopic (exact) mass is 499 g/mol. The molecule has 2 aromatic carbocycles. The number of piperidine rings is 1. The van der Waals surface area contributed by atoms with Crippen LogP contribution in [0.15, 0.2) is 42.5 Å². The summed E-state index contributed by atoms with van der Waals surface area (Å²) in [7, 11) is 0. The molecular weight excluding hydrogens is 461 g/mol. The highest BCUT2D eigenvalue weighted by Crippen LogP contribution is 2.29. The Balaban J connectivity index is 1.41. The summed E-state index contributed by atoms with van der Waals surface area (Å²) in [5.74, 6) is 0.0405. The lowest BCUT2D eigenvalue weighted by molar-refractivity contribution is -0.132. The fraction of sp³-hybridized carbons (Fsp3) is 0.536. The van der Waals surface area contributed by atoms with E-state index >= 15 is 0 Å². The largest absolute Gasteiger partial charge is 0.490 e. The molecule has 1 amide bonds. The number of β-amino-alcohol motifs (C(OH)–C–C–N with tert-alkyl or cyclic N) is 2. The minimum absolute atomic E-state index is 0.0437. The van der Waals surface area contributed by atoms with Crippen molar-refractivity contribution < 1.29 is 24.1 Å². The lowest BCUT2D eigenvalue weighted by atomic mass is 9.90. The quantitative estimate of drug-likeness (QED) is 0.637. The summed E-state index contributed by atoms with van der Waals surface area (Å²) in [5, 5.41) is 23.0. The normalized spacial score (nSPS) is 22.8. The number of carbonyl (C=O) groups is 1. The zero-order valence-corrected chi connectivity index (χ0v) is 21.5. The minimum atomic E-state index is -1.33. The van der Waals surface area contributed by atoms with Gasteiger partial charge in [0, 0.05) is 51.9 Å². The third-order valence-electron chi connectivity index (χ3n) is 7.38. The molecule has 0 unspecified atom stereocenters. The molecule has 36 heavy (non-hydrogen) atoms. The van der Waals surface area contributed by atoms with Crippen LogP contribution in [0.25, 0.3) is 0 Å². The number of anilines is 1. The summed E-state index contributed by atoms with van der Waals surface area (Å²) in [6, 6.07) is 12.9. The van der Waals surface area contributed by atoms with Gasteiger partial charge in [-0.3, -0.25) is 9.69 Å². The Kier molecular flexibility index (Phi) is 7.87. The molecule has 8 heteroatoms. The van der Waals surface area contributed by atoms with Gasteiger partial charge in [0.15, 0.2) is 0 Å². The summed E-state index contributed by atoms with van der Waals surface area (Å²) < 4.78 is 19.5. The molecule has 2 aromatic rings. The highest BCUT2D eigenvalue weighted by atomic mass is 19.1. The molecule has 0 radical (unpaired) electrons. The molecule has 2 aliphatic rings. The molecule has 1 atom stereocenters. The van der Waals surface area contributed by atoms with Gasteiger partial charge in [-0.05, 0) is 62.6 Å². The van der Waals surface area contributed by atoms with Crippen molar-refractivity contribution in [3.63, 3.8) is 0 Å². The first kappa shape index (κ1) is 26.4.